The molecule has 1 heterocycles. The summed E-state index contributed by atoms with van der Waals surface area (Å²) in [7, 11) is 0. The van der Waals surface area contributed by atoms with E-state index in [1.54, 1.807) is 0 Å². The molecule has 142 valence electrons. The van der Waals surface area contributed by atoms with Gasteiger partial charge in [-0.3, -0.25) is 0 Å². The average molecular weight is 381 g/mol. The van der Waals surface area contributed by atoms with Gasteiger partial charge in [0, 0.05) is 11.0 Å². The lowest BCUT2D eigenvalue weighted by atomic mass is 9.83. The first kappa shape index (κ1) is 19.4. The standard InChI is InChI=1S/C20H25ClO5/c1-2-25-15-6-3-12(4-7-15)9-14-10-13(5-8-16(14)21)20-19(24)18(23)17(22)11-26-20/h3-4,6-8,10,13,17-20,22-24H,2,5,9,11H2,1H3/t13?,17-,18+,19-,20+/m1/s1. The van der Waals surface area contributed by atoms with Crippen LogP contribution in [0.25, 0.3) is 0 Å². The molecule has 2 aliphatic rings. The zero-order valence-electron chi connectivity index (χ0n) is 14.7. The molecule has 0 spiro atoms. The van der Waals surface area contributed by atoms with Crippen LogP contribution in [0.1, 0.15) is 18.9 Å². The van der Waals surface area contributed by atoms with Crippen LogP contribution in [0.4, 0.5) is 0 Å². The maximum absolute atomic E-state index is 10.3. The first-order valence-electron chi connectivity index (χ1n) is 8.94. The SMILES string of the molecule is CCOc1ccc(CC2=CC([C@@H]3OC[C@@H](O)[C@H](O)[C@H]3O)CC=C2Cl)cc1. The minimum absolute atomic E-state index is 0.0128. The second kappa shape index (κ2) is 8.55. The van der Waals surface area contributed by atoms with Crippen LogP contribution in [0.3, 0.4) is 0 Å². The van der Waals surface area contributed by atoms with Gasteiger partial charge in [-0.25, -0.2) is 0 Å². The molecule has 26 heavy (non-hydrogen) atoms. The molecular formula is C20H25ClO5. The third-order valence-electron chi connectivity index (χ3n) is 4.88. The largest absolute Gasteiger partial charge is 0.494 e. The van der Waals surface area contributed by atoms with Gasteiger partial charge in [0.25, 0.3) is 0 Å². The van der Waals surface area contributed by atoms with Gasteiger partial charge in [0.05, 0.1) is 19.3 Å². The molecule has 0 aromatic heterocycles. The van der Waals surface area contributed by atoms with E-state index in [2.05, 4.69) is 0 Å². The van der Waals surface area contributed by atoms with Crippen molar-refractivity contribution in [2.24, 2.45) is 5.92 Å². The highest BCUT2D eigenvalue weighted by Crippen LogP contribution is 2.34. The normalized spacial score (nSPS) is 32.0. The van der Waals surface area contributed by atoms with Crippen molar-refractivity contribution in [1.82, 2.24) is 0 Å². The molecule has 3 N–H and O–H groups in total. The summed E-state index contributed by atoms with van der Waals surface area (Å²) in [5, 5.41) is 30.5. The first-order chi connectivity index (χ1) is 12.5. The molecule has 1 aromatic carbocycles. The minimum Gasteiger partial charge on any atom is -0.494 e. The van der Waals surface area contributed by atoms with Gasteiger partial charge in [-0.1, -0.05) is 35.9 Å². The number of hydrogen-bond donors (Lipinski definition) is 3. The van der Waals surface area contributed by atoms with E-state index in [4.69, 9.17) is 21.1 Å². The Morgan fingerprint density at radius 1 is 1.15 bits per heavy atom. The maximum atomic E-state index is 10.3. The number of hydrogen-bond acceptors (Lipinski definition) is 5. The van der Waals surface area contributed by atoms with Crippen molar-refractivity contribution >= 4 is 11.6 Å². The fourth-order valence-electron chi connectivity index (χ4n) is 3.44. The number of aliphatic hydroxyl groups is 3. The highest BCUT2D eigenvalue weighted by atomic mass is 35.5. The van der Waals surface area contributed by atoms with Crippen molar-refractivity contribution in [3.8, 4) is 5.75 Å². The summed E-state index contributed by atoms with van der Waals surface area (Å²) in [4.78, 5) is 0. The smallest absolute Gasteiger partial charge is 0.119 e. The molecule has 1 aliphatic heterocycles. The highest BCUT2D eigenvalue weighted by Gasteiger charge is 2.41. The third-order valence-corrected chi connectivity index (χ3v) is 5.28. The van der Waals surface area contributed by atoms with Crippen molar-refractivity contribution in [2.75, 3.05) is 13.2 Å². The fraction of sp³-hybridized carbons (Fsp3) is 0.500. The van der Waals surface area contributed by atoms with Crippen molar-refractivity contribution < 1.29 is 24.8 Å². The quantitative estimate of drug-likeness (QED) is 0.729. The Bertz CT molecular complexity index is 669. The van der Waals surface area contributed by atoms with Crippen molar-refractivity contribution in [2.45, 2.75) is 44.2 Å². The summed E-state index contributed by atoms with van der Waals surface area (Å²) < 4.78 is 11.1. The van der Waals surface area contributed by atoms with Crippen molar-refractivity contribution in [3.05, 3.63) is 52.6 Å². The van der Waals surface area contributed by atoms with E-state index in [1.165, 1.54) is 0 Å². The molecule has 3 rings (SSSR count). The van der Waals surface area contributed by atoms with Crippen LogP contribution >= 0.6 is 11.6 Å². The second-order valence-corrected chi connectivity index (χ2v) is 7.15. The van der Waals surface area contributed by atoms with Crippen LogP contribution in [0.5, 0.6) is 5.75 Å². The molecule has 1 aromatic rings. The Balaban J connectivity index is 1.72. The van der Waals surface area contributed by atoms with Gasteiger partial charge in [-0.2, -0.15) is 0 Å². The van der Waals surface area contributed by atoms with E-state index >= 15 is 0 Å². The summed E-state index contributed by atoms with van der Waals surface area (Å²) in [5.74, 6) is 0.729. The molecule has 1 aliphatic carbocycles. The molecule has 6 heteroatoms. The molecule has 5 nitrogen and oxygen atoms in total. The average Bonchev–Trinajstić information content (AvgIpc) is 2.64. The van der Waals surface area contributed by atoms with E-state index in [9.17, 15) is 15.3 Å². The third kappa shape index (κ3) is 4.30. The lowest BCUT2D eigenvalue weighted by Crippen LogP contribution is -2.55. The van der Waals surface area contributed by atoms with Crippen LogP contribution in [0, 0.1) is 5.92 Å². The van der Waals surface area contributed by atoms with Crippen molar-refractivity contribution in [1.29, 1.82) is 0 Å². The first-order valence-corrected chi connectivity index (χ1v) is 9.31. The van der Waals surface area contributed by atoms with E-state index in [-0.39, 0.29) is 12.5 Å². The molecule has 0 radical (unpaired) electrons. The highest BCUT2D eigenvalue weighted by molar-refractivity contribution is 6.32. The Kier molecular flexibility index (Phi) is 6.37. The zero-order chi connectivity index (χ0) is 18.7. The second-order valence-electron chi connectivity index (χ2n) is 6.74. The molecule has 0 saturated carbocycles. The predicted octanol–water partition coefficient (Wildman–Crippen LogP) is 2.18. The predicted molar refractivity (Wildman–Crippen MR) is 99.2 cm³/mol. The lowest BCUT2D eigenvalue weighted by molar-refractivity contribution is -0.196. The van der Waals surface area contributed by atoms with Crippen molar-refractivity contribution in [3.63, 3.8) is 0 Å². The molecule has 0 bridgehead atoms. The molecule has 0 amide bonds. The number of aliphatic hydroxyl groups excluding tert-OH is 3. The molecule has 1 saturated heterocycles. The van der Waals surface area contributed by atoms with Gasteiger partial charge in [-0.05, 0) is 43.0 Å². The van der Waals surface area contributed by atoms with Gasteiger partial charge in [-0.15, -0.1) is 0 Å². The van der Waals surface area contributed by atoms with E-state index in [0.717, 1.165) is 16.9 Å². The van der Waals surface area contributed by atoms with Crippen LogP contribution in [-0.2, 0) is 11.2 Å². The number of halogens is 1. The topological polar surface area (TPSA) is 79.2 Å². The van der Waals surface area contributed by atoms with Crippen LogP contribution in [0.15, 0.2) is 47.0 Å². The van der Waals surface area contributed by atoms with Crippen LogP contribution < -0.4 is 4.74 Å². The van der Waals surface area contributed by atoms with Gasteiger partial charge >= 0.3 is 0 Å². The maximum Gasteiger partial charge on any atom is 0.119 e. The zero-order valence-corrected chi connectivity index (χ0v) is 15.5. The van der Waals surface area contributed by atoms with Gasteiger partial charge in [0.1, 0.15) is 24.1 Å². The summed E-state index contributed by atoms with van der Waals surface area (Å²) >= 11 is 6.38. The Hall–Kier alpha value is -1.37. The number of benzene rings is 1. The molecule has 5 atom stereocenters. The summed E-state index contributed by atoms with van der Waals surface area (Å²) in [5.41, 5.74) is 2.07. The molecule has 1 fully saturated rings. The number of allylic oxidation sites excluding steroid dienone is 3. The molecule has 1 unspecified atom stereocenters. The van der Waals surface area contributed by atoms with Gasteiger partial charge in [0.15, 0.2) is 0 Å². The summed E-state index contributed by atoms with van der Waals surface area (Å²) in [6, 6.07) is 7.88. The summed E-state index contributed by atoms with van der Waals surface area (Å²) in [6.45, 7) is 2.59. The minimum atomic E-state index is -1.20. The Morgan fingerprint density at radius 3 is 2.58 bits per heavy atom. The lowest BCUT2D eigenvalue weighted by Gasteiger charge is -2.39. The van der Waals surface area contributed by atoms with Crippen LogP contribution in [0.2, 0.25) is 0 Å². The Morgan fingerprint density at radius 2 is 1.88 bits per heavy atom. The van der Waals surface area contributed by atoms with E-state index in [1.807, 2.05) is 43.3 Å². The van der Waals surface area contributed by atoms with Gasteiger partial charge < -0.3 is 24.8 Å². The van der Waals surface area contributed by atoms with E-state index in [0.29, 0.717) is 24.5 Å². The monoisotopic (exact) mass is 380 g/mol. The van der Waals surface area contributed by atoms with E-state index < -0.39 is 24.4 Å². The molecular weight excluding hydrogens is 356 g/mol. The Labute approximate surface area is 158 Å². The van der Waals surface area contributed by atoms with Crippen LogP contribution in [-0.4, -0.2) is 52.9 Å². The summed E-state index contributed by atoms with van der Waals surface area (Å²) in [6.07, 6.45) is 1.26. The number of ether oxygens (including phenoxy) is 2. The number of rotatable bonds is 5. The van der Waals surface area contributed by atoms with Gasteiger partial charge in [0.2, 0.25) is 0 Å². The fourth-order valence-corrected chi connectivity index (χ4v) is 3.66.